The van der Waals surface area contributed by atoms with Crippen molar-refractivity contribution in [1.29, 1.82) is 0 Å². The molecule has 0 fully saturated rings. The van der Waals surface area contributed by atoms with Crippen molar-refractivity contribution < 1.29 is 27.9 Å². The first-order valence-electron chi connectivity index (χ1n) is 4.73. The minimum absolute atomic E-state index is 0.0154. The minimum Gasteiger partial charge on any atom is -0.508 e. The fraction of sp³-hybridized carbons (Fsp3) is 0.200. The van der Waals surface area contributed by atoms with Crippen LogP contribution in [0.5, 0.6) is 5.75 Å². The van der Waals surface area contributed by atoms with E-state index in [0.29, 0.717) is 5.69 Å². The number of nitrogens with one attached hydrogen (secondary N) is 2. The number of hydrogen-bond acceptors (Lipinski definition) is 3. The number of rotatable bonds is 3. The zero-order valence-electron chi connectivity index (χ0n) is 8.91. The smallest absolute Gasteiger partial charge is 0.471 e. The summed E-state index contributed by atoms with van der Waals surface area (Å²) >= 11 is 0. The molecule has 0 heterocycles. The molecule has 1 rings (SSSR count). The topological polar surface area (TPSA) is 78.4 Å². The van der Waals surface area contributed by atoms with Gasteiger partial charge in [0.1, 0.15) is 5.75 Å². The van der Waals surface area contributed by atoms with Crippen molar-refractivity contribution in [3.63, 3.8) is 0 Å². The molecular formula is C10H9F3N2O3. The summed E-state index contributed by atoms with van der Waals surface area (Å²) in [5, 5.41) is 12.6. The average molecular weight is 262 g/mol. The first-order chi connectivity index (χ1) is 8.29. The maximum absolute atomic E-state index is 11.8. The van der Waals surface area contributed by atoms with Crippen molar-refractivity contribution in [1.82, 2.24) is 5.32 Å². The molecule has 0 aromatic heterocycles. The fourth-order valence-electron chi connectivity index (χ4n) is 1.01. The molecule has 1 aromatic carbocycles. The summed E-state index contributed by atoms with van der Waals surface area (Å²) in [4.78, 5) is 21.6. The third-order valence-electron chi connectivity index (χ3n) is 1.82. The highest BCUT2D eigenvalue weighted by Gasteiger charge is 2.38. The number of hydrogen-bond donors (Lipinski definition) is 3. The second kappa shape index (κ2) is 5.39. The average Bonchev–Trinajstić information content (AvgIpc) is 2.28. The Bertz CT molecular complexity index is 443. The Labute approximate surface area is 99.6 Å². The molecule has 5 nitrogen and oxygen atoms in total. The maximum atomic E-state index is 11.8. The van der Waals surface area contributed by atoms with Crippen molar-refractivity contribution in [2.45, 2.75) is 6.18 Å². The number of halogens is 3. The Morgan fingerprint density at radius 3 is 2.22 bits per heavy atom. The zero-order chi connectivity index (χ0) is 13.8. The molecule has 0 unspecified atom stereocenters. The number of amides is 2. The van der Waals surface area contributed by atoms with Crippen LogP contribution in [0.3, 0.4) is 0 Å². The molecule has 0 aliphatic rings. The number of anilines is 1. The molecule has 0 atom stereocenters. The molecule has 0 bridgehead atoms. The molecule has 0 saturated heterocycles. The third kappa shape index (κ3) is 4.32. The van der Waals surface area contributed by atoms with Crippen LogP contribution in [0.2, 0.25) is 0 Å². The normalized spacial score (nSPS) is 10.8. The van der Waals surface area contributed by atoms with Crippen molar-refractivity contribution >= 4 is 17.5 Å². The second-order valence-corrected chi connectivity index (χ2v) is 3.28. The van der Waals surface area contributed by atoms with Crippen LogP contribution in [-0.2, 0) is 9.59 Å². The molecule has 1 aromatic rings. The Hall–Kier alpha value is -2.25. The molecule has 0 saturated carbocycles. The summed E-state index contributed by atoms with van der Waals surface area (Å²) in [6.07, 6.45) is -5.02. The van der Waals surface area contributed by atoms with E-state index in [-0.39, 0.29) is 5.75 Å². The number of aromatic hydroxyl groups is 1. The monoisotopic (exact) mass is 262 g/mol. The Morgan fingerprint density at radius 1 is 1.17 bits per heavy atom. The first kappa shape index (κ1) is 13.8. The van der Waals surface area contributed by atoms with Crippen molar-refractivity contribution in [3.05, 3.63) is 24.3 Å². The number of alkyl halides is 3. The highest BCUT2D eigenvalue weighted by Crippen LogP contribution is 2.14. The van der Waals surface area contributed by atoms with E-state index < -0.39 is 24.5 Å². The minimum atomic E-state index is -5.02. The summed E-state index contributed by atoms with van der Waals surface area (Å²) in [6.45, 7) is -0.792. The van der Waals surface area contributed by atoms with Crippen LogP contribution in [0.25, 0.3) is 0 Å². The summed E-state index contributed by atoms with van der Waals surface area (Å²) in [7, 11) is 0. The van der Waals surface area contributed by atoms with Gasteiger partial charge in [-0.3, -0.25) is 9.59 Å². The second-order valence-electron chi connectivity index (χ2n) is 3.28. The lowest BCUT2D eigenvalue weighted by Crippen LogP contribution is -2.41. The molecule has 0 aliphatic heterocycles. The SMILES string of the molecule is O=C(CNC(=O)C(F)(F)F)Nc1ccc(O)cc1. The van der Waals surface area contributed by atoms with Gasteiger partial charge in [-0.15, -0.1) is 0 Å². The molecular weight excluding hydrogens is 253 g/mol. The Morgan fingerprint density at radius 2 is 1.72 bits per heavy atom. The van der Waals surface area contributed by atoms with E-state index in [2.05, 4.69) is 5.32 Å². The molecule has 0 radical (unpaired) electrons. The van der Waals surface area contributed by atoms with Gasteiger partial charge in [0.25, 0.3) is 0 Å². The van der Waals surface area contributed by atoms with E-state index in [4.69, 9.17) is 5.11 Å². The Kier molecular flexibility index (Phi) is 4.13. The van der Waals surface area contributed by atoms with E-state index in [1.807, 2.05) is 0 Å². The van der Waals surface area contributed by atoms with Crippen molar-refractivity contribution in [2.24, 2.45) is 0 Å². The van der Waals surface area contributed by atoms with E-state index in [1.165, 1.54) is 29.6 Å². The van der Waals surface area contributed by atoms with Crippen LogP contribution < -0.4 is 10.6 Å². The van der Waals surface area contributed by atoms with Gasteiger partial charge in [-0.25, -0.2) is 0 Å². The van der Waals surface area contributed by atoms with Gasteiger partial charge in [-0.2, -0.15) is 13.2 Å². The van der Waals surface area contributed by atoms with Crippen LogP contribution in [0, 0.1) is 0 Å². The highest BCUT2D eigenvalue weighted by atomic mass is 19.4. The van der Waals surface area contributed by atoms with E-state index in [0.717, 1.165) is 0 Å². The standard InChI is InChI=1S/C10H9F3N2O3/c11-10(12,13)9(18)14-5-8(17)15-6-1-3-7(16)4-2-6/h1-4,16H,5H2,(H,14,18)(H,15,17). The summed E-state index contributed by atoms with van der Waals surface area (Å²) in [5.74, 6) is -3.00. The van der Waals surface area contributed by atoms with Gasteiger partial charge in [-0.05, 0) is 24.3 Å². The lowest BCUT2D eigenvalue weighted by atomic mass is 10.3. The van der Waals surface area contributed by atoms with Crippen molar-refractivity contribution in [3.8, 4) is 5.75 Å². The van der Waals surface area contributed by atoms with Gasteiger partial charge in [0.15, 0.2) is 0 Å². The van der Waals surface area contributed by atoms with Crippen LogP contribution in [-0.4, -0.2) is 29.6 Å². The van der Waals surface area contributed by atoms with Gasteiger partial charge >= 0.3 is 12.1 Å². The van der Waals surface area contributed by atoms with E-state index in [1.54, 1.807) is 0 Å². The Balaban J connectivity index is 2.43. The van der Waals surface area contributed by atoms with Gasteiger partial charge in [0.2, 0.25) is 5.91 Å². The predicted octanol–water partition coefficient (Wildman–Crippen LogP) is 1.01. The first-order valence-corrected chi connectivity index (χ1v) is 4.73. The zero-order valence-corrected chi connectivity index (χ0v) is 8.91. The largest absolute Gasteiger partial charge is 0.508 e. The predicted molar refractivity (Wildman–Crippen MR) is 55.8 cm³/mol. The third-order valence-corrected chi connectivity index (χ3v) is 1.82. The fourth-order valence-corrected chi connectivity index (χ4v) is 1.01. The molecule has 98 valence electrons. The quantitative estimate of drug-likeness (QED) is 0.711. The number of carbonyl (C=O) groups excluding carboxylic acids is 2. The highest BCUT2D eigenvalue weighted by molar-refractivity contribution is 5.95. The summed E-state index contributed by atoms with van der Waals surface area (Å²) in [5.41, 5.74) is 0.291. The number of benzene rings is 1. The maximum Gasteiger partial charge on any atom is 0.471 e. The lowest BCUT2D eigenvalue weighted by molar-refractivity contribution is -0.173. The van der Waals surface area contributed by atoms with Gasteiger partial charge in [0, 0.05) is 5.69 Å². The number of phenolic OH excluding ortho intramolecular Hbond substituents is 1. The molecule has 0 aliphatic carbocycles. The van der Waals surface area contributed by atoms with Gasteiger partial charge in [-0.1, -0.05) is 0 Å². The van der Waals surface area contributed by atoms with E-state index in [9.17, 15) is 22.8 Å². The van der Waals surface area contributed by atoms with Crippen LogP contribution in [0.1, 0.15) is 0 Å². The summed E-state index contributed by atoms with van der Waals surface area (Å²) < 4.78 is 35.4. The van der Waals surface area contributed by atoms with Crippen LogP contribution >= 0.6 is 0 Å². The van der Waals surface area contributed by atoms with Gasteiger partial charge < -0.3 is 15.7 Å². The van der Waals surface area contributed by atoms with E-state index >= 15 is 0 Å². The molecule has 0 spiro atoms. The molecule has 8 heteroatoms. The number of phenols is 1. The number of carbonyl (C=O) groups is 2. The molecule has 3 N–H and O–H groups in total. The molecule has 18 heavy (non-hydrogen) atoms. The summed E-state index contributed by atoms with van der Waals surface area (Å²) in [6, 6.07) is 5.31. The van der Waals surface area contributed by atoms with Crippen LogP contribution in [0.4, 0.5) is 18.9 Å². The van der Waals surface area contributed by atoms with Crippen molar-refractivity contribution in [2.75, 3.05) is 11.9 Å². The van der Waals surface area contributed by atoms with Crippen LogP contribution in [0.15, 0.2) is 24.3 Å². The lowest BCUT2D eigenvalue weighted by Gasteiger charge is -2.08. The van der Waals surface area contributed by atoms with Gasteiger partial charge in [0.05, 0.1) is 6.54 Å². The molecule has 2 amide bonds.